The summed E-state index contributed by atoms with van der Waals surface area (Å²) in [7, 11) is 1.79. The monoisotopic (exact) mass is 254 g/mol. The maximum absolute atomic E-state index is 11.7. The van der Waals surface area contributed by atoms with Crippen LogP contribution in [-0.4, -0.2) is 48.2 Å². The standard InChI is InChI=1S/C14H26N2O2/c1-10-6-7-16(8-11(10)2)9-14(15-3,13(17)18)12-4-5-12/h10-12,15H,4-9H2,1-3H3,(H,17,18). The van der Waals surface area contributed by atoms with E-state index in [-0.39, 0.29) is 0 Å². The van der Waals surface area contributed by atoms with Gasteiger partial charge in [0, 0.05) is 13.1 Å². The van der Waals surface area contributed by atoms with Gasteiger partial charge in [-0.3, -0.25) is 4.79 Å². The summed E-state index contributed by atoms with van der Waals surface area (Å²) >= 11 is 0. The normalized spacial score (nSPS) is 33.1. The third-order valence-electron chi connectivity index (χ3n) is 4.99. The first-order valence-electron chi connectivity index (χ1n) is 7.14. The maximum atomic E-state index is 11.7. The number of piperidine rings is 1. The van der Waals surface area contributed by atoms with Crippen LogP contribution < -0.4 is 5.32 Å². The molecule has 1 aliphatic heterocycles. The number of nitrogens with zero attached hydrogens (tertiary/aromatic N) is 1. The van der Waals surface area contributed by atoms with Crippen molar-refractivity contribution in [3.8, 4) is 0 Å². The summed E-state index contributed by atoms with van der Waals surface area (Å²) in [4.78, 5) is 14.0. The van der Waals surface area contributed by atoms with Crippen LogP contribution in [0.2, 0.25) is 0 Å². The topological polar surface area (TPSA) is 52.6 Å². The summed E-state index contributed by atoms with van der Waals surface area (Å²) in [6, 6.07) is 0. The third kappa shape index (κ3) is 2.54. The minimum atomic E-state index is -0.722. The van der Waals surface area contributed by atoms with Crippen LogP contribution in [-0.2, 0) is 4.79 Å². The van der Waals surface area contributed by atoms with Crippen LogP contribution in [0.25, 0.3) is 0 Å². The van der Waals surface area contributed by atoms with Crippen LogP contribution in [0.3, 0.4) is 0 Å². The lowest BCUT2D eigenvalue weighted by Crippen LogP contribution is -2.60. The van der Waals surface area contributed by atoms with Gasteiger partial charge >= 0.3 is 5.97 Å². The van der Waals surface area contributed by atoms with Crippen molar-refractivity contribution < 1.29 is 9.90 Å². The molecule has 0 radical (unpaired) electrons. The van der Waals surface area contributed by atoms with Crippen LogP contribution in [0.4, 0.5) is 0 Å². The molecule has 0 amide bonds. The fourth-order valence-electron chi connectivity index (χ4n) is 3.18. The van der Waals surface area contributed by atoms with Crippen LogP contribution in [0, 0.1) is 17.8 Å². The highest BCUT2D eigenvalue weighted by Crippen LogP contribution is 2.40. The van der Waals surface area contributed by atoms with Crippen molar-refractivity contribution in [2.45, 2.75) is 38.6 Å². The van der Waals surface area contributed by atoms with Gasteiger partial charge in [-0.1, -0.05) is 13.8 Å². The number of likely N-dealkylation sites (N-methyl/N-ethyl adjacent to an activating group) is 1. The van der Waals surface area contributed by atoms with Crippen molar-refractivity contribution in [1.29, 1.82) is 0 Å². The van der Waals surface area contributed by atoms with E-state index in [1.165, 1.54) is 6.42 Å². The summed E-state index contributed by atoms with van der Waals surface area (Å²) < 4.78 is 0. The molecule has 1 heterocycles. The molecule has 1 aliphatic carbocycles. The molecule has 0 bridgehead atoms. The second kappa shape index (κ2) is 5.17. The molecule has 2 N–H and O–H groups in total. The van der Waals surface area contributed by atoms with E-state index in [0.29, 0.717) is 18.4 Å². The second-order valence-corrected chi connectivity index (χ2v) is 6.28. The first-order valence-corrected chi connectivity index (χ1v) is 7.14. The lowest BCUT2D eigenvalue weighted by molar-refractivity contribution is -0.147. The fourth-order valence-corrected chi connectivity index (χ4v) is 3.18. The van der Waals surface area contributed by atoms with Crippen molar-refractivity contribution in [3.05, 3.63) is 0 Å². The lowest BCUT2D eigenvalue weighted by Gasteiger charge is -2.40. The molecule has 4 heteroatoms. The lowest BCUT2D eigenvalue weighted by atomic mass is 9.86. The Morgan fingerprint density at radius 1 is 1.33 bits per heavy atom. The van der Waals surface area contributed by atoms with Crippen molar-refractivity contribution in [3.63, 3.8) is 0 Å². The largest absolute Gasteiger partial charge is 0.480 e. The number of likely N-dealkylation sites (tertiary alicyclic amines) is 1. The van der Waals surface area contributed by atoms with Gasteiger partial charge in [0.05, 0.1) is 0 Å². The third-order valence-corrected chi connectivity index (χ3v) is 4.99. The average molecular weight is 254 g/mol. The van der Waals surface area contributed by atoms with E-state index in [0.717, 1.165) is 31.8 Å². The van der Waals surface area contributed by atoms with Gasteiger partial charge in [0.1, 0.15) is 5.54 Å². The number of rotatable bonds is 5. The van der Waals surface area contributed by atoms with Crippen molar-refractivity contribution in [2.75, 3.05) is 26.7 Å². The highest BCUT2D eigenvalue weighted by atomic mass is 16.4. The number of hydrogen-bond donors (Lipinski definition) is 2. The van der Waals surface area contributed by atoms with E-state index in [1.54, 1.807) is 7.05 Å². The number of nitrogens with one attached hydrogen (secondary N) is 1. The molecule has 1 saturated heterocycles. The molecule has 18 heavy (non-hydrogen) atoms. The smallest absolute Gasteiger partial charge is 0.325 e. The van der Waals surface area contributed by atoms with Crippen LogP contribution in [0.1, 0.15) is 33.1 Å². The minimum Gasteiger partial charge on any atom is -0.480 e. The fraction of sp³-hybridized carbons (Fsp3) is 0.929. The Kier molecular flexibility index (Phi) is 3.97. The number of carboxylic acids is 1. The molecule has 2 rings (SSSR count). The maximum Gasteiger partial charge on any atom is 0.325 e. The Morgan fingerprint density at radius 2 is 2.00 bits per heavy atom. The molecule has 2 aliphatic rings. The van der Waals surface area contributed by atoms with E-state index < -0.39 is 11.5 Å². The number of aliphatic carboxylic acids is 1. The number of hydrogen-bond acceptors (Lipinski definition) is 3. The van der Waals surface area contributed by atoms with Gasteiger partial charge in [-0.05, 0) is 50.6 Å². The minimum absolute atomic E-state index is 0.314. The molecule has 104 valence electrons. The van der Waals surface area contributed by atoms with Gasteiger partial charge in [0.15, 0.2) is 0 Å². The molecule has 0 spiro atoms. The zero-order chi connectivity index (χ0) is 13.3. The number of carboxylic acid groups (broad SMARTS) is 1. The van der Waals surface area contributed by atoms with Crippen molar-refractivity contribution >= 4 is 5.97 Å². The Labute approximate surface area is 110 Å². The molecule has 0 aromatic rings. The van der Waals surface area contributed by atoms with Crippen molar-refractivity contribution in [1.82, 2.24) is 10.2 Å². The van der Waals surface area contributed by atoms with E-state index in [9.17, 15) is 9.90 Å². The van der Waals surface area contributed by atoms with Gasteiger partial charge in [0.25, 0.3) is 0 Å². The summed E-state index contributed by atoms with van der Waals surface area (Å²) in [6.45, 7) is 7.29. The Balaban J connectivity index is 2.03. The Hall–Kier alpha value is -0.610. The zero-order valence-electron chi connectivity index (χ0n) is 11.8. The predicted molar refractivity (Wildman–Crippen MR) is 71.5 cm³/mol. The molecule has 3 atom stereocenters. The van der Waals surface area contributed by atoms with Crippen molar-refractivity contribution in [2.24, 2.45) is 17.8 Å². The van der Waals surface area contributed by atoms with E-state index >= 15 is 0 Å². The molecular weight excluding hydrogens is 228 g/mol. The zero-order valence-corrected chi connectivity index (χ0v) is 11.8. The van der Waals surface area contributed by atoms with Crippen LogP contribution in [0.5, 0.6) is 0 Å². The van der Waals surface area contributed by atoms with Gasteiger partial charge in [-0.25, -0.2) is 0 Å². The molecule has 1 saturated carbocycles. The molecular formula is C14H26N2O2. The first-order chi connectivity index (χ1) is 8.49. The number of carbonyl (C=O) groups is 1. The van der Waals surface area contributed by atoms with Gasteiger partial charge < -0.3 is 15.3 Å². The SMILES string of the molecule is CNC(CN1CCC(C)C(C)C1)(C(=O)O)C1CC1. The van der Waals surface area contributed by atoms with E-state index in [2.05, 4.69) is 24.1 Å². The van der Waals surface area contributed by atoms with Gasteiger partial charge in [-0.15, -0.1) is 0 Å². The first kappa shape index (κ1) is 13.8. The quantitative estimate of drug-likeness (QED) is 0.779. The predicted octanol–water partition coefficient (Wildman–Crippen LogP) is 1.42. The molecule has 0 aromatic heterocycles. The Bertz CT molecular complexity index is 317. The van der Waals surface area contributed by atoms with Crippen LogP contribution >= 0.6 is 0 Å². The second-order valence-electron chi connectivity index (χ2n) is 6.28. The molecule has 0 aromatic carbocycles. The Morgan fingerprint density at radius 3 is 2.44 bits per heavy atom. The summed E-state index contributed by atoms with van der Waals surface area (Å²) in [5.74, 6) is 1.06. The van der Waals surface area contributed by atoms with E-state index in [1.807, 2.05) is 0 Å². The molecule has 4 nitrogen and oxygen atoms in total. The van der Waals surface area contributed by atoms with Gasteiger partial charge in [-0.2, -0.15) is 0 Å². The molecule has 3 unspecified atom stereocenters. The summed E-state index contributed by atoms with van der Waals surface area (Å²) in [5, 5.41) is 12.7. The molecule has 2 fully saturated rings. The van der Waals surface area contributed by atoms with Gasteiger partial charge in [0.2, 0.25) is 0 Å². The van der Waals surface area contributed by atoms with Crippen LogP contribution in [0.15, 0.2) is 0 Å². The van der Waals surface area contributed by atoms with E-state index in [4.69, 9.17) is 0 Å². The highest BCUT2D eigenvalue weighted by Gasteiger charge is 2.51. The highest BCUT2D eigenvalue weighted by molar-refractivity contribution is 5.80. The average Bonchev–Trinajstić information content (AvgIpc) is 3.14. The summed E-state index contributed by atoms with van der Waals surface area (Å²) in [5.41, 5.74) is -0.722. The summed E-state index contributed by atoms with van der Waals surface area (Å²) in [6.07, 6.45) is 3.28.